The van der Waals surface area contributed by atoms with E-state index in [1.807, 2.05) is 0 Å². The van der Waals surface area contributed by atoms with Crippen LogP contribution in [0.5, 0.6) is 0 Å². The van der Waals surface area contributed by atoms with E-state index < -0.39 is 23.9 Å². The number of nitrogens with one attached hydrogen (secondary N) is 1. The second kappa shape index (κ2) is 6.90. The van der Waals surface area contributed by atoms with Crippen molar-refractivity contribution in [3.63, 3.8) is 0 Å². The van der Waals surface area contributed by atoms with Gasteiger partial charge in [0.05, 0.1) is 0 Å². The van der Waals surface area contributed by atoms with Crippen LogP contribution in [0.1, 0.15) is 12.1 Å². The first kappa shape index (κ1) is 17.8. The second-order valence-corrected chi connectivity index (χ2v) is 5.32. The molecule has 0 aromatic carbocycles. The summed E-state index contributed by atoms with van der Waals surface area (Å²) in [4.78, 5) is 30.4. The van der Waals surface area contributed by atoms with E-state index in [2.05, 4.69) is 16.9 Å². The number of pyridine rings is 1. The van der Waals surface area contributed by atoms with Crippen molar-refractivity contribution in [2.45, 2.75) is 18.6 Å². The third-order valence-corrected chi connectivity index (χ3v) is 3.68. The molecule has 130 valence electrons. The summed E-state index contributed by atoms with van der Waals surface area (Å²) < 4.78 is 37.9. The first-order valence-electron chi connectivity index (χ1n) is 7.21. The maximum atomic E-state index is 12.6. The Kier molecular flexibility index (Phi) is 5.10. The standard InChI is InChI=1S/C15H17F3N4O2/c1-3-8-22-9-7-10(13(22)23)21(2)14(24)20-12-6-4-5-11(19-12)15(16,17)18/h3-6,10H,1,7-9H2,2H3,(H,19,20,24)/t10-/m0/s1. The predicted molar refractivity (Wildman–Crippen MR) is 81.2 cm³/mol. The number of urea groups is 1. The zero-order valence-corrected chi connectivity index (χ0v) is 13.0. The van der Waals surface area contributed by atoms with E-state index in [0.717, 1.165) is 12.1 Å². The number of hydrogen-bond acceptors (Lipinski definition) is 3. The topological polar surface area (TPSA) is 65.5 Å². The number of halogens is 3. The number of alkyl halides is 3. The van der Waals surface area contributed by atoms with E-state index in [-0.39, 0.29) is 11.7 Å². The van der Waals surface area contributed by atoms with Crippen LogP contribution in [0.4, 0.5) is 23.8 Å². The fourth-order valence-corrected chi connectivity index (χ4v) is 2.42. The van der Waals surface area contributed by atoms with Crippen molar-refractivity contribution in [2.75, 3.05) is 25.5 Å². The van der Waals surface area contributed by atoms with Gasteiger partial charge in [0, 0.05) is 20.1 Å². The third-order valence-electron chi connectivity index (χ3n) is 3.68. The van der Waals surface area contributed by atoms with Crippen molar-refractivity contribution in [3.05, 3.63) is 36.5 Å². The van der Waals surface area contributed by atoms with Crippen LogP contribution in [0.2, 0.25) is 0 Å². The molecule has 9 heteroatoms. The van der Waals surface area contributed by atoms with Gasteiger partial charge in [0.2, 0.25) is 5.91 Å². The summed E-state index contributed by atoms with van der Waals surface area (Å²) in [5.74, 6) is -0.445. The van der Waals surface area contributed by atoms with Crippen LogP contribution >= 0.6 is 0 Å². The zero-order valence-electron chi connectivity index (χ0n) is 13.0. The number of amides is 3. The van der Waals surface area contributed by atoms with Gasteiger partial charge in [0.15, 0.2) is 0 Å². The lowest BCUT2D eigenvalue weighted by atomic mass is 10.2. The number of aromatic nitrogens is 1. The molecule has 24 heavy (non-hydrogen) atoms. The lowest BCUT2D eigenvalue weighted by molar-refractivity contribution is -0.141. The van der Waals surface area contributed by atoms with Gasteiger partial charge >= 0.3 is 12.2 Å². The van der Waals surface area contributed by atoms with Crippen molar-refractivity contribution in [3.8, 4) is 0 Å². The van der Waals surface area contributed by atoms with Crippen molar-refractivity contribution in [2.24, 2.45) is 0 Å². The van der Waals surface area contributed by atoms with Crippen LogP contribution in [0, 0.1) is 0 Å². The van der Waals surface area contributed by atoms with Gasteiger partial charge in [-0.2, -0.15) is 13.2 Å². The Bertz CT molecular complexity index is 648. The molecule has 1 aromatic rings. The Labute approximate surface area is 136 Å². The molecule has 1 aliphatic heterocycles. The average Bonchev–Trinajstić information content (AvgIpc) is 2.87. The Morgan fingerprint density at radius 1 is 1.54 bits per heavy atom. The molecule has 1 atom stereocenters. The molecule has 6 nitrogen and oxygen atoms in total. The van der Waals surface area contributed by atoms with Crippen LogP contribution in [-0.4, -0.2) is 52.9 Å². The molecule has 3 amide bonds. The van der Waals surface area contributed by atoms with Crippen LogP contribution in [0.15, 0.2) is 30.9 Å². The molecule has 1 aromatic heterocycles. The van der Waals surface area contributed by atoms with Gasteiger partial charge < -0.3 is 9.80 Å². The number of hydrogen-bond donors (Lipinski definition) is 1. The van der Waals surface area contributed by atoms with E-state index in [9.17, 15) is 22.8 Å². The van der Waals surface area contributed by atoms with Crippen LogP contribution in [0.3, 0.4) is 0 Å². The summed E-state index contributed by atoms with van der Waals surface area (Å²) in [5, 5.41) is 2.28. The highest BCUT2D eigenvalue weighted by atomic mass is 19.4. The molecule has 1 saturated heterocycles. The van der Waals surface area contributed by atoms with Gasteiger partial charge in [0.1, 0.15) is 17.6 Å². The van der Waals surface area contributed by atoms with Crippen molar-refractivity contribution >= 4 is 17.8 Å². The van der Waals surface area contributed by atoms with E-state index in [0.29, 0.717) is 19.5 Å². The maximum Gasteiger partial charge on any atom is 0.433 e. The zero-order chi connectivity index (χ0) is 17.9. The quantitative estimate of drug-likeness (QED) is 0.854. The molecule has 0 saturated carbocycles. The van der Waals surface area contributed by atoms with E-state index >= 15 is 0 Å². The first-order chi connectivity index (χ1) is 11.2. The molecule has 2 heterocycles. The lowest BCUT2D eigenvalue weighted by Gasteiger charge is -2.23. The van der Waals surface area contributed by atoms with Gasteiger partial charge in [-0.05, 0) is 18.6 Å². The summed E-state index contributed by atoms with van der Waals surface area (Å²) in [6, 6.07) is 1.86. The summed E-state index contributed by atoms with van der Waals surface area (Å²) in [6.45, 7) is 4.44. The molecule has 0 aliphatic carbocycles. The lowest BCUT2D eigenvalue weighted by Crippen LogP contribution is -2.44. The summed E-state index contributed by atoms with van der Waals surface area (Å²) >= 11 is 0. The molecule has 0 bridgehead atoms. The van der Waals surface area contributed by atoms with E-state index in [1.54, 1.807) is 11.0 Å². The molecule has 1 aliphatic rings. The largest absolute Gasteiger partial charge is 0.433 e. The predicted octanol–water partition coefficient (Wildman–Crippen LogP) is 2.35. The van der Waals surface area contributed by atoms with Crippen molar-refractivity contribution in [1.82, 2.24) is 14.8 Å². The monoisotopic (exact) mass is 342 g/mol. The Morgan fingerprint density at radius 2 is 2.25 bits per heavy atom. The smallest absolute Gasteiger partial charge is 0.337 e. The summed E-state index contributed by atoms with van der Waals surface area (Å²) in [7, 11) is 1.42. The molecule has 1 N–H and O–H groups in total. The Hall–Kier alpha value is -2.58. The summed E-state index contributed by atoms with van der Waals surface area (Å²) in [5.41, 5.74) is -1.10. The molecule has 2 rings (SSSR count). The molecule has 0 spiro atoms. The highest BCUT2D eigenvalue weighted by molar-refractivity contribution is 5.93. The third kappa shape index (κ3) is 3.84. The number of rotatable bonds is 4. The number of likely N-dealkylation sites (N-methyl/N-ethyl adjacent to an activating group) is 1. The molecular weight excluding hydrogens is 325 g/mol. The fourth-order valence-electron chi connectivity index (χ4n) is 2.42. The molecule has 0 radical (unpaired) electrons. The van der Waals surface area contributed by atoms with Crippen LogP contribution < -0.4 is 5.32 Å². The molecule has 0 unspecified atom stereocenters. The number of carbonyl (C=O) groups excluding carboxylic acids is 2. The maximum absolute atomic E-state index is 12.6. The van der Waals surface area contributed by atoms with Gasteiger partial charge in [-0.15, -0.1) is 6.58 Å². The average molecular weight is 342 g/mol. The fraction of sp³-hybridized carbons (Fsp3) is 0.400. The Balaban J connectivity index is 2.05. The van der Waals surface area contributed by atoms with Crippen LogP contribution in [0.25, 0.3) is 0 Å². The van der Waals surface area contributed by atoms with Gasteiger partial charge in [-0.3, -0.25) is 10.1 Å². The highest BCUT2D eigenvalue weighted by Crippen LogP contribution is 2.28. The van der Waals surface area contributed by atoms with Gasteiger partial charge in [0.25, 0.3) is 0 Å². The number of anilines is 1. The summed E-state index contributed by atoms with van der Waals surface area (Å²) in [6.07, 6.45) is -2.56. The van der Waals surface area contributed by atoms with Crippen LogP contribution in [-0.2, 0) is 11.0 Å². The molecule has 1 fully saturated rings. The molecular formula is C15H17F3N4O2. The highest BCUT2D eigenvalue weighted by Gasteiger charge is 2.36. The SMILES string of the molecule is C=CCN1CC[C@H](N(C)C(=O)Nc2cccc(C(F)(F)F)n2)C1=O. The van der Waals surface area contributed by atoms with E-state index in [4.69, 9.17) is 0 Å². The minimum atomic E-state index is -4.60. The van der Waals surface area contributed by atoms with E-state index in [1.165, 1.54) is 18.0 Å². The number of likely N-dealkylation sites (tertiary alicyclic amines) is 1. The van der Waals surface area contributed by atoms with Crippen molar-refractivity contribution < 1.29 is 22.8 Å². The van der Waals surface area contributed by atoms with Gasteiger partial charge in [-0.1, -0.05) is 12.1 Å². The number of nitrogens with zero attached hydrogens (tertiary/aromatic N) is 3. The first-order valence-corrected chi connectivity index (χ1v) is 7.21. The van der Waals surface area contributed by atoms with Crippen molar-refractivity contribution in [1.29, 1.82) is 0 Å². The minimum Gasteiger partial charge on any atom is -0.337 e. The minimum absolute atomic E-state index is 0.218. The number of carbonyl (C=O) groups is 2. The normalized spacial score (nSPS) is 17.8. The Morgan fingerprint density at radius 3 is 2.88 bits per heavy atom. The van der Waals surface area contributed by atoms with Gasteiger partial charge in [-0.25, -0.2) is 9.78 Å². The second-order valence-electron chi connectivity index (χ2n) is 5.32.